The third-order valence-electron chi connectivity index (χ3n) is 4.89. The Hall–Kier alpha value is -2.90. The van der Waals surface area contributed by atoms with Crippen molar-refractivity contribution in [3.05, 3.63) is 64.7 Å². The first-order chi connectivity index (χ1) is 14.4. The Balaban J connectivity index is 1.89. The summed E-state index contributed by atoms with van der Waals surface area (Å²) in [5.41, 5.74) is 2.57. The lowest BCUT2D eigenvalue weighted by Gasteiger charge is -2.24. The molecule has 0 fully saturated rings. The van der Waals surface area contributed by atoms with Gasteiger partial charge in [0.1, 0.15) is 18.9 Å². The van der Waals surface area contributed by atoms with E-state index in [1.807, 2.05) is 36.4 Å². The fourth-order valence-corrected chi connectivity index (χ4v) is 3.39. The Morgan fingerprint density at radius 1 is 1.20 bits per heavy atom. The number of hydrazone groups is 1. The summed E-state index contributed by atoms with van der Waals surface area (Å²) in [6, 6.07) is 14.6. The third-order valence-corrected chi connectivity index (χ3v) is 5.14. The van der Waals surface area contributed by atoms with Gasteiger partial charge >= 0.3 is 0 Å². The maximum absolute atomic E-state index is 13.0. The first-order valence-electron chi connectivity index (χ1n) is 9.45. The number of carbonyl (C=O) groups is 2. The van der Waals surface area contributed by atoms with Crippen LogP contribution in [0.15, 0.2) is 53.6 Å². The first kappa shape index (κ1) is 21.8. The maximum atomic E-state index is 13.0. The highest BCUT2D eigenvalue weighted by molar-refractivity contribution is 6.30. The number of likely N-dealkylation sites (N-methyl/N-ethyl adjacent to an activating group) is 1. The van der Waals surface area contributed by atoms with E-state index in [9.17, 15) is 9.59 Å². The number of carbonyl (C=O) groups excluding carboxylic acids is 2. The van der Waals surface area contributed by atoms with Crippen LogP contribution >= 0.6 is 11.6 Å². The van der Waals surface area contributed by atoms with Crippen LogP contribution in [0.2, 0.25) is 5.02 Å². The zero-order valence-electron chi connectivity index (χ0n) is 17.2. The van der Waals surface area contributed by atoms with E-state index in [2.05, 4.69) is 5.10 Å². The Morgan fingerprint density at radius 2 is 1.93 bits per heavy atom. The second-order valence-electron chi connectivity index (χ2n) is 6.97. The van der Waals surface area contributed by atoms with E-state index < -0.39 is 0 Å². The standard InChI is InChI=1S/C22H24ClN3O4/c1-25(22(28)14-29-2)13-21(27)26-20(15-7-9-17(23)10-8-15)12-19(24-26)16-5-4-6-18(11-16)30-3/h4-11,20H,12-14H2,1-3H3. The van der Waals surface area contributed by atoms with Gasteiger partial charge in [-0.15, -0.1) is 0 Å². The molecule has 1 aliphatic heterocycles. The van der Waals surface area contributed by atoms with Gasteiger partial charge in [0.2, 0.25) is 5.91 Å². The van der Waals surface area contributed by atoms with E-state index in [4.69, 9.17) is 21.1 Å². The van der Waals surface area contributed by atoms with Crippen molar-refractivity contribution in [3.63, 3.8) is 0 Å². The van der Waals surface area contributed by atoms with Crippen LogP contribution in [0.3, 0.4) is 0 Å². The Labute approximate surface area is 180 Å². The molecule has 0 N–H and O–H groups in total. The maximum Gasteiger partial charge on any atom is 0.262 e. The molecule has 2 amide bonds. The topological polar surface area (TPSA) is 71.4 Å². The van der Waals surface area contributed by atoms with Crippen LogP contribution in [0.4, 0.5) is 0 Å². The highest BCUT2D eigenvalue weighted by Gasteiger charge is 2.34. The molecule has 2 aromatic rings. The molecule has 1 atom stereocenters. The Morgan fingerprint density at radius 3 is 2.60 bits per heavy atom. The molecule has 0 aromatic heterocycles. The van der Waals surface area contributed by atoms with Crippen molar-refractivity contribution in [2.45, 2.75) is 12.5 Å². The largest absolute Gasteiger partial charge is 0.497 e. The molecule has 0 saturated heterocycles. The molecule has 30 heavy (non-hydrogen) atoms. The van der Waals surface area contributed by atoms with E-state index in [0.717, 1.165) is 16.8 Å². The minimum Gasteiger partial charge on any atom is -0.497 e. The monoisotopic (exact) mass is 429 g/mol. The van der Waals surface area contributed by atoms with Crippen molar-refractivity contribution in [3.8, 4) is 5.75 Å². The Kier molecular flexibility index (Phi) is 7.07. The van der Waals surface area contributed by atoms with Crippen molar-refractivity contribution in [1.29, 1.82) is 0 Å². The molecule has 7 nitrogen and oxygen atoms in total. The van der Waals surface area contributed by atoms with E-state index in [-0.39, 0.29) is 31.0 Å². The number of amides is 2. The second kappa shape index (κ2) is 9.73. The van der Waals surface area contributed by atoms with Crippen LogP contribution in [0.25, 0.3) is 0 Å². The predicted molar refractivity (Wildman–Crippen MR) is 115 cm³/mol. The summed E-state index contributed by atoms with van der Waals surface area (Å²) >= 11 is 6.03. The number of hydrogen-bond donors (Lipinski definition) is 0. The van der Waals surface area contributed by atoms with Gasteiger partial charge in [0.25, 0.3) is 5.91 Å². The summed E-state index contributed by atoms with van der Waals surface area (Å²) in [4.78, 5) is 26.4. The van der Waals surface area contributed by atoms with Crippen LogP contribution < -0.4 is 4.74 Å². The number of hydrogen-bond acceptors (Lipinski definition) is 5. The minimum absolute atomic E-state index is 0.0806. The quantitative estimate of drug-likeness (QED) is 0.678. The van der Waals surface area contributed by atoms with Gasteiger partial charge in [-0.3, -0.25) is 9.59 Å². The van der Waals surface area contributed by atoms with Gasteiger partial charge in [-0.25, -0.2) is 5.01 Å². The van der Waals surface area contributed by atoms with E-state index in [0.29, 0.717) is 17.2 Å². The summed E-state index contributed by atoms with van der Waals surface area (Å²) in [6.07, 6.45) is 0.538. The smallest absolute Gasteiger partial charge is 0.262 e. The Bertz CT molecular complexity index is 946. The molecule has 0 radical (unpaired) electrons. The molecule has 0 aliphatic carbocycles. The highest BCUT2D eigenvalue weighted by atomic mass is 35.5. The van der Waals surface area contributed by atoms with Crippen molar-refractivity contribution >= 4 is 29.1 Å². The van der Waals surface area contributed by atoms with E-state index >= 15 is 0 Å². The van der Waals surface area contributed by atoms with Crippen molar-refractivity contribution in [2.24, 2.45) is 5.10 Å². The van der Waals surface area contributed by atoms with Gasteiger partial charge in [-0.1, -0.05) is 35.9 Å². The van der Waals surface area contributed by atoms with E-state index in [1.54, 1.807) is 26.3 Å². The molecule has 1 heterocycles. The molecular formula is C22H24ClN3O4. The number of rotatable bonds is 7. The third kappa shape index (κ3) is 4.98. The normalized spacial score (nSPS) is 15.7. The molecule has 3 rings (SSSR count). The van der Waals surface area contributed by atoms with Crippen LogP contribution in [0.5, 0.6) is 5.75 Å². The zero-order valence-corrected chi connectivity index (χ0v) is 17.9. The summed E-state index contributed by atoms with van der Waals surface area (Å²) < 4.78 is 10.2. The average molecular weight is 430 g/mol. The summed E-state index contributed by atoms with van der Waals surface area (Å²) in [6.45, 7) is -0.177. The zero-order chi connectivity index (χ0) is 21.7. The van der Waals surface area contributed by atoms with Crippen LogP contribution in [-0.2, 0) is 14.3 Å². The summed E-state index contributed by atoms with van der Waals surface area (Å²) in [5, 5.41) is 6.69. The van der Waals surface area contributed by atoms with Crippen molar-refractivity contribution in [1.82, 2.24) is 9.91 Å². The lowest BCUT2D eigenvalue weighted by atomic mass is 9.98. The molecular weight excluding hydrogens is 406 g/mol. The summed E-state index contributed by atoms with van der Waals surface area (Å²) in [7, 11) is 4.61. The molecule has 1 aliphatic rings. The molecule has 1 unspecified atom stereocenters. The van der Waals surface area contributed by atoms with Gasteiger partial charge in [0.15, 0.2) is 0 Å². The number of nitrogens with zero attached hydrogens (tertiary/aromatic N) is 3. The molecule has 0 saturated carbocycles. The molecule has 0 bridgehead atoms. The van der Waals surface area contributed by atoms with Crippen LogP contribution in [0, 0.1) is 0 Å². The molecule has 8 heteroatoms. The fourth-order valence-electron chi connectivity index (χ4n) is 3.26. The molecule has 0 spiro atoms. The molecule has 158 valence electrons. The van der Waals surface area contributed by atoms with Gasteiger partial charge in [0.05, 0.1) is 18.9 Å². The van der Waals surface area contributed by atoms with Crippen LogP contribution in [-0.4, -0.2) is 61.9 Å². The number of halogens is 1. The SMILES string of the molecule is COCC(=O)N(C)CC(=O)N1N=C(c2cccc(OC)c2)CC1c1ccc(Cl)cc1. The molecule has 2 aromatic carbocycles. The van der Waals surface area contributed by atoms with Crippen LogP contribution in [0.1, 0.15) is 23.6 Å². The van der Waals surface area contributed by atoms with Gasteiger partial charge in [-0.05, 0) is 29.8 Å². The average Bonchev–Trinajstić information content (AvgIpc) is 3.20. The highest BCUT2D eigenvalue weighted by Crippen LogP contribution is 2.34. The van der Waals surface area contributed by atoms with Crippen molar-refractivity contribution < 1.29 is 19.1 Å². The lowest BCUT2D eigenvalue weighted by Crippen LogP contribution is -2.40. The summed E-state index contributed by atoms with van der Waals surface area (Å²) in [5.74, 6) is 0.165. The van der Waals surface area contributed by atoms with E-state index in [1.165, 1.54) is 17.0 Å². The predicted octanol–water partition coefficient (Wildman–Crippen LogP) is 3.13. The number of ether oxygens (including phenoxy) is 2. The number of methoxy groups -OCH3 is 2. The lowest BCUT2D eigenvalue weighted by molar-refractivity contribution is -0.142. The second-order valence-corrected chi connectivity index (χ2v) is 7.41. The van der Waals surface area contributed by atoms with Gasteiger partial charge in [-0.2, -0.15) is 5.10 Å². The minimum atomic E-state index is -0.290. The first-order valence-corrected chi connectivity index (χ1v) is 9.83. The van der Waals surface area contributed by atoms with Gasteiger partial charge in [0, 0.05) is 31.2 Å². The fraction of sp³-hybridized carbons (Fsp3) is 0.318. The van der Waals surface area contributed by atoms with Crippen molar-refractivity contribution in [2.75, 3.05) is 34.4 Å². The van der Waals surface area contributed by atoms with Gasteiger partial charge < -0.3 is 14.4 Å². The number of benzene rings is 2.